The number of amides is 1. The number of carbonyl (C=O) groups is 1. The SMILES string of the molecule is CCCNC(=O)c1cc2cc(F)ccc2nc1[C@H](C)Nc1ncnc(N)c1C#N.O=S=O. The molecule has 1 amide bonds. The van der Waals surface area contributed by atoms with Crippen LogP contribution in [-0.2, 0) is 11.6 Å². The molecular weight excluding hydrogens is 437 g/mol. The Morgan fingerprint density at radius 1 is 1.31 bits per heavy atom. The maximum absolute atomic E-state index is 13.6. The Morgan fingerprint density at radius 3 is 2.69 bits per heavy atom. The van der Waals surface area contributed by atoms with E-state index in [1.807, 2.05) is 13.0 Å². The molecule has 10 nitrogen and oxygen atoms in total. The zero-order valence-electron chi connectivity index (χ0n) is 17.3. The highest BCUT2D eigenvalue weighted by Gasteiger charge is 2.21. The van der Waals surface area contributed by atoms with Crippen LogP contribution in [0.5, 0.6) is 0 Å². The quantitative estimate of drug-likeness (QED) is 0.503. The minimum absolute atomic E-state index is 0.0556. The fourth-order valence-corrected chi connectivity index (χ4v) is 2.90. The fourth-order valence-electron chi connectivity index (χ4n) is 2.90. The summed E-state index contributed by atoms with van der Waals surface area (Å²) in [5.41, 5.74) is 7.16. The van der Waals surface area contributed by atoms with Crippen molar-refractivity contribution in [2.24, 2.45) is 0 Å². The van der Waals surface area contributed by atoms with Gasteiger partial charge in [0.05, 0.1) is 22.8 Å². The Labute approximate surface area is 186 Å². The number of fused-ring (bicyclic) bond motifs is 1. The molecule has 0 fully saturated rings. The van der Waals surface area contributed by atoms with Crippen molar-refractivity contribution in [2.45, 2.75) is 26.3 Å². The van der Waals surface area contributed by atoms with Gasteiger partial charge in [0.25, 0.3) is 5.91 Å². The molecule has 2 aromatic heterocycles. The highest BCUT2D eigenvalue weighted by Crippen LogP contribution is 2.26. The summed E-state index contributed by atoms with van der Waals surface area (Å²) < 4.78 is 30.2. The van der Waals surface area contributed by atoms with Gasteiger partial charge in [-0.3, -0.25) is 4.79 Å². The average molecular weight is 457 g/mol. The molecule has 4 N–H and O–H groups in total. The molecule has 2 heterocycles. The second-order valence-corrected chi connectivity index (χ2v) is 6.68. The van der Waals surface area contributed by atoms with Gasteiger partial charge in [0.15, 0.2) is 0 Å². The first-order chi connectivity index (χ1) is 15.4. The maximum Gasteiger partial charge on any atom is 0.335 e. The Balaban J connectivity index is 0.00000114. The third-order valence-corrected chi connectivity index (χ3v) is 4.34. The van der Waals surface area contributed by atoms with Gasteiger partial charge in [0.2, 0.25) is 0 Å². The first kappa shape index (κ1) is 24.3. The lowest BCUT2D eigenvalue weighted by Gasteiger charge is -2.19. The fraction of sp³-hybridized carbons (Fsp3) is 0.250. The molecule has 0 aliphatic heterocycles. The van der Waals surface area contributed by atoms with Crippen molar-refractivity contribution < 1.29 is 17.6 Å². The van der Waals surface area contributed by atoms with Crippen LogP contribution in [0.2, 0.25) is 0 Å². The molecule has 3 rings (SSSR count). The molecule has 0 saturated carbocycles. The number of anilines is 2. The number of rotatable bonds is 6. The van der Waals surface area contributed by atoms with Crippen LogP contribution in [0, 0.1) is 17.1 Å². The van der Waals surface area contributed by atoms with E-state index in [0.717, 1.165) is 6.42 Å². The van der Waals surface area contributed by atoms with Gasteiger partial charge in [0, 0.05) is 11.9 Å². The molecule has 0 aliphatic carbocycles. The van der Waals surface area contributed by atoms with Crippen LogP contribution in [0.3, 0.4) is 0 Å². The van der Waals surface area contributed by atoms with E-state index in [2.05, 4.69) is 25.6 Å². The summed E-state index contributed by atoms with van der Waals surface area (Å²) in [6, 6.07) is 7.29. The number of nitriles is 1. The topological polar surface area (TPSA) is 164 Å². The summed E-state index contributed by atoms with van der Waals surface area (Å²) in [4.78, 5) is 25.2. The van der Waals surface area contributed by atoms with E-state index >= 15 is 0 Å². The molecule has 166 valence electrons. The van der Waals surface area contributed by atoms with Crippen molar-refractivity contribution in [2.75, 3.05) is 17.6 Å². The Kier molecular flexibility index (Phi) is 8.67. The van der Waals surface area contributed by atoms with Gasteiger partial charge < -0.3 is 16.4 Å². The molecule has 0 spiro atoms. The largest absolute Gasteiger partial charge is 0.382 e. The van der Waals surface area contributed by atoms with Crippen molar-refractivity contribution in [3.63, 3.8) is 0 Å². The van der Waals surface area contributed by atoms with Crippen LogP contribution in [-0.4, -0.2) is 35.8 Å². The number of nitrogens with zero attached hydrogens (tertiary/aromatic N) is 4. The lowest BCUT2D eigenvalue weighted by Crippen LogP contribution is -2.27. The first-order valence-corrected chi connectivity index (χ1v) is 10.1. The number of hydrogen-bond acceptors (Lipinski definition) is 9. The summed E-state index contributed by atoms with van der Waals surface area (Å²) in [7, 11) is 0. The van der Waals surface area contributed by atoms with Crippen molar-refractivity contribution >= 4 is 40.0 Å². The van der Waals surface area contributed by atoms with Crippen molar-refractivity contribution in [3.8, 4) is 6.07 Å². The van der Waals surface area contributed by atoms with E-state index in [1.54, 1.807) is 19.1 Å². The van der Waals surface area contributed by atoms with Crippen LogP contribution in [0.1, 0.15) is 47.9 Å². The number of pyridine rings is 1. The van der Waals surface area contributed by atoms with Crippen LogP contribution in [0.15, 0.2) is 30.6 Å². The summed E-state index contributed by atoms with van der Waals surface area (Å²) in [6.07, 6.45) is 2.02. The number of nitrogen functional groups attached to an aromatic ring is 1. The second-order valence-electron chi connectivity index (χ2n) is 6.54. The monoisotopic (exact) mass is 457 g/mol. The highest BCUT2D eigenvalue weighted by atomic mass is 32.1. The van der Waals surface area contributed by atoms with E-state index in [1.165, 1.54) is 18.5 Å². The Morgan fingerprint density at radius 2 is 2.03 bits per heavy atom. The number of benzene rings is 1. The minimum Gasteiger partial charge on any atom is -0.382 e. The average Bonchev–Trinajstić information content (AvgIpc) is 2.77. The standard InChI is InChI=1S/C20H20FN7O.O2S/c1-3-6-24-20(29)14-8-12-7-13(21)4-5-16(12)28-17(14)11(2)27-19-15(9-22)18(23)25-10-26-19;1-3-2/h4-5,7-8,10-11H,3,6H2,1-2H3,(H,24,29)(H3,23,25,26,27);/t11-;/m0./s1. The predicted octanol–water partition coefficient (Wildman–Crippen LogP) is 2.26. The van der Waals surface area contributed by atoms with Gasteiger partial charge in [-0.05, 0) is 37.6 Å². The number of hydrogen-bond donors (Lipinski definition) is 3. The zero-order valence-corrected chi connectivity index (χ0v) is 18.1. The van der Waals surface area contributed by atoms with E-state index in [-0.39, 0.29) is 23.1 Å². The van der Waals surface area contributed by atoms with Gasteiger partial charge >= 0.3 is 11.6 Å². The molecule has 0 saturated heterocycles. The van der Waals surface area contributed by atoms with Crippen molar-refractivity contribution in [1.29, 1.82) is 5.26 Å². The Hall–Kier alpha value is -3.98. The van der Waals surface area contributed by atoms with Crippen LogP contribution in [0.4, 0.5) is 16.0 Å². The van der Waals surface area contributed by atoms with Gasteiger partial charge in [0.1, 0.15) is 35.4 Å². The third kappa shape index (κ3) is 5.79. The van der Waals surface area contributed by atoms with Crippen molar-refractivity contribution in [1.82, 2.24) is 20.3 Å². The molecule has 1 atom stereocenters. The van der Waals surface area contributed by atoms with Crippen LogP contribution >= 0.6 is 0 Å². The molecule has 3 aromatic rings. The number of aromatic nitrogens is 3. The molecule has 0 unspecified atom stereocenters. The summed E-state index contributed by atoms with van der Waals surface area (Å²) >= 11 is -0.750. The third-order valence-electron chi connectivity index (χ3n) is 4.34. The molecule has 12 heteroatoms. The number of nitrogens with one attached hydrogen (secondary N) is 2. The van der Waals surface area contributed by atoms with Gasteiger partial charge in [-0.25, -0.2) is 19.3 Å². The van der Waals surface area contributed by atoms with Crippen LogP contribution in [0.25, 0.3) is 10.9 Å². The second kappa shape index (κ2) is 11.4. The highest BCUT2D eigenvalue weighted by molar-refractivity contribution is 7.51. The summed E-state index contributed by atoms with van der Waals surface area (Å²) in [6.45, 7) is 4.23. The smallest absolute Gasteiger partial charge is 0.335 e. The first-order valence-electron chi connectivity index (χ1n) is 9.43. The van der Waals surface area contributed by atoms with Crippen LogP contribution < -0.4 is 16.4 Å². The van der Waals surface area contributed by atoms with E-state index in [9.17, 15) is 14.4 Å². The van der Waals surface area contributed by atoms with E-state index in [0.29, 0.717) is 28.7 Å². The lowest BCUT2D eigenvalue weighted by atomic mass is 10.0. The molecule has 1 aromatic carbocycles. The zero-order chi connectivity index (χ0) is 23.7. The molecule has 0 aliphatic rings. The maximum atomic E-state index is 13.6. The number of halogens is 1. The number of nitrogens with two attached hydrogens (primary N) is 1. The van der Waals surface area contributed by atoms with E-state index < -0.39 is 23.4 Å². The van der Waals surface area contributed by atoms with Gasteiger partial charge in [-0.15, -0.1) is 0 Å². The van der Waals surface area contributed by atoms with Crippen molar-refractivity contribution in [3.05, 3.63) is 53.2 Å². The van der Waals surface area contributed by atoms with Gasteiger partial charge in [-0.1, -0.05) is 6.92 Å². The molecular formula is C20H20FN7O3S. The molecule has 32 heavy (non-hydrogen) atoms. The minimum atomic E-state index is -0.750. The predicted molar refractivity (Wildman–Crippen MR) is 116 cm³/mol. The molecule has 0 bridgehead atoms. The number of carbonyl (C=O) groups excluding carboxylic acids is 1. The van der Waals surface area contributed by atoms with Gasteiger partial charge in [-0.2, -0.15) is 13.7 Å². The summed E-state index contributed by atoms with van der Waals surface area (Å²) in [5.74, 6) is -0.418. The molecule has 0 radical (unpaired) electrons. The Bertz CT molecular complexity index is 1210. The van der Waals surface area contributed by atoms with E-state index in [4.69, 9.17) is 14.2 Å². The summed E-state index contributed by atoms with van der Waals surface area (Å²) in [5, 5.41) is 15.7. The lowest BCUT2D eigenvalue weighted by molar-refractivity contribution is 0.0952. The normalized spacial score (nSPS) is 10.9.